The Morgan fingerprint density at radius 3 is 2.38 bits per heavy atom. The molecule has 0 fully saturated rings. The van der Waals surface area contributed by atoms with Crippen LogP contribution >= 0.6 is 11.6 Å². The molecule has 0 saturated carbocycles. The molecule has 0 aliphatic rings. The number of carbonyl (C=O) groups excluding carboxylic acids is 1. The van der Waals surface area contributed by atoms with Crippen LogP contribution in [-0.2, 0) is 14.6 Å². The van der Waals surface area contributed by atoms with Crippen LogP contribution in [-0.4, -0.2) is 14.4 Å². The fourth-order valence-electron chi connectivity index (χ4n) is 1.65. The molecule has 0 aromatic heterocycles. The first-order valence-electron chi connectivity index (χ1n) is 5.89. The Labute approximate surface area is 127 Å². The summed E-state index contributed by atoms with van der Waals surface area (Å²) in [6, 6.07) is 12.1. The molecule has 6 heteroatoms. The number of hydrogen-bond acceptors (Lipinski definition) is 4. The van der Waals surface area contributed by atoms with Gasteiger partial charge in [-0.2, -0.15) is 0 Å². The molecule has 4 nitrogen and oxygen atoms in total. The Hall–Kier alpha value is -2.11. The first-order chi connectivity index (χ1) is 9.96. The van der Waals surface area contributed by atoms with Crippen molar-refractivity contribution in [2.24, 2.45) is 0 Å². The Balaban J connectivity index is 2.53. The molecule has 21 heavy (non-hydrogen) atoms. The first-order valence-corrected chi connectivity index (χ1v) is 7.76. The molecule has 0 heterocycles. The summed E-state index contributed by atoms with van der Waals surface area (Å²) in [4.78, 5) is 11.2. The van der Waals surface area contributed by atoms with E-state index in [9.17, 15) is 13.2 Å². The van der Waals surface area contributed by atoms with Crippen molar-refractivity contribution in [3.05, 3.63) is 66.2 Å². The fourth-order valence-corrected chi connectivity index (χ4v) is 3.49. The zero-order valence-electron chi connectivity index (χ0n) is 10.8. The van der Waals surface area contributed by atoms with Gasteiger partial charge in [0, 0.05) is 6.08 Å². The van der Waals surface area contributed by atoms with E-state index in [-0.39, 0.29) is 20.6 Å². The topological polar surface area (TPSA) is 60.4 Å². The highest BCUT2D eigenvalue weighted by Crippen LogP contribution is 2.34. The van der Waals surface area contributed by atoms with Gasteiger partial charge in [-0.25, -0.2) is 13.2 Å². The zero-order chi connectivity index (χ0) is 15.5. The lowest BCUT2D eigenvalue weighted by Crippen LogP contribution is -2.07. The average Bonchev–Trinajstić information content (AvgIpc) is 2.50. The van der Waals surface area contributed by atoms with Crippen molar-refractivity contribution >= 4 is 27.4 Å². The predicted molar refractivity (Wildman–Crippen MR) is 79.2 cm³/mol. The highest BCUT2D eigenvalue weighted by Gasteiger charge is 2.23. The van der Waals surface area contributed by atoms with E-state index in [1.54, 1.807) is 18.2 Å². The van der Waals surface area contributed by atoms with E-state index in [0.29, 0.717) is 0 Å². The van der Waals surface area contributed by atoms with Crippen LogP contribution in [0.3, 0.4) is 0 Å². The summed E-state index contributed by atoms with van der Waals surface area (Å²) in [7, 11) is -3.78. The Morgan fingerprint density at radius 1 is 1.10 bits per heavy atom. The normalized spacial score (nSPS) is 10.9. The van der Waals surface area contributed by atoms with Crippen LogP contribution in [0, 0.1) is 0 Å². The molecule has 0 atom stereocenters. The van der Waals surface area contributed by atoms with Crippen LogP contribution in [0.4, 0.5) is 0 Å². The lowest BCUT2D eigenvalue weighted by Gasteiger charge is -2.10. The second-order valence-electron chi connectivity index (χ2n) is 4.01. The maximum atomic E-state index is 12.5. The van der Waals surface area contributed by atoms with Crippen LogP contribution < -0.4 is 4.74 Å². The maximum absolute atomic E-state index is 12.5. The minimum atomic E-state index is -3.78. The minimum Gasteiger partial charge on any atom is -0.422 e. The van der Waals surface area contributed by atoms with Gasteiger partial charge in [0.2, 0.25) is 9.84 Å². The van der Waals surface area contributed by atoms with Gasteiger partial charge in [0.15, 0.2) is 5.75 Å². The molecule has 0 unspecified atom stereocenters. The summed E-state index contributed by atoms with van der Waals surface area (Å²) in [6.07, 6.45) is 0.967. The van der Waals surface area contributed by atoms with E-state index in [1.807, 2.05) is 0 Å². The van der Waals surface area contributed by atoms with Crippen LogP contribution in [0.2, 0.25) is 5.02 Å². The van der Waals surface area contributed by atoms with Gasteiger partial charge < -0.3 is 4.74 Å². The zero-order valence-corrected chi connectivity index (χ0v) is 12.4. The van der Waals surface area contributed by atoms with Gasteiger partial charge in [-0.05, 0) is 24.3 Å². The number of halogens is 1. The average molecular weight is 323 g/mol. The standard InChI is InChI=1S/C15H11ClO4S/c1-2-14(17)20-12-9-6-10-13(15(12)16)21(18,19)11-7-4-3-5-8-11/h2-10H,1H2. The van der Waals surface area contributed by atoms with Gasteiger partial charge in [0.05, 0.1) is 9.79 Å². The number of esters is 1. The van der Waals surface area contributed by atoms with Gasteiger partial charge in [0.25, 0.3) is 0 Å². The highest BCUT2D eigenvalue weighted by molar-refractivity contribution is 7.91. The summed E-state index contributed by atoms with van der Waals surface area (Å²) < 4.78 is 29.9. The third-order valence-corrected chi connectivity index (χ3v) is 4.96. The second-order valence-corrected chi connectivity index (χ2v) is 6.31. The molecule has 0 bridgehead atoms. The molecule has 0 radical (unpaired) electrons. The third-order valence-electron chi connectivity index (χ3n) is 2.65. The van der Waals surface area contributed by atoms with Crippen molar-refractivity contribution in [1.82, 2.24) is 0 Å². The van der Waals surface area contributed by atoms with Crippen LogP contribution in [0.1, 0.15) is 0 Å². The highest BCUT2D eigenvalue weighted by atomic mass is 35.5. The molecular formula is C15H11ClO4S. The molecule has 0 aliphatic carbocycles. The summed E-state index contributed by atoms with van der Waals surface area (Å²) in [5.74, 6) is -0.746. The third kappa shape index (κ3) is 3.15. The first kappa shape index (κ1) is 15.3. The number of hydrogen-bond donors (Lipinski definition) is 0. The second kappa shape index (κ2) is 6.11. The largest absolute Gasteiger partial charge is 0.422 e. The number of benzene rings is 2. The van der Waals surface area contributed by atoms with Gasteiger partial charge in [-0.3, -0.25) is 0 Å². The number of rotatable bonds is 4. The van der Waals surface area contributed by atoms with Crippen LogP contribution in [0.5, 0.6) is 5.75 Å². The van der Waals surface area contributed by atoms with Crippen molar-refractivity contribution < 1.29 is 17.9 Å². The van der Waals surface area contributed by atoms with E-state index in [4.69, 9.17) is 16.3 Å². The van der Waals surface area contributed by atoms with E-state index in [0.717, 1.165) is 6.08 Å². The van der Waals surface area contributed by atoms with E-state index < -0.39 is 15.8 Å². The quantitative estimate of drug-likeness (QED) is 0.492. The van der Waals surface area contributed by atoms with Crippen molar-refractivity contribution in [1.29, 1.82) is 0 Å². The Morgan fingerprint density at radius 2 is 1.76 bits per heavy atom. The lowest BCUT2D eigenvalue weighted by atomic mass is 10.3. The van der Waals surface area contributed by atoms with Crippen molar-refractivity contribution in [3.63, 3.8) is 0 Å². The molecule has 2 aromatic carbocycles. The van der Waals surface area contributed by atoms with Crippen LogP contribution in [0.15, 0.2) is 71.0 Å². The smallest absolute Gasteiger partial charge is 0.335 e. The minimum absolute atomic E-state index is 0.0291. The Bertz CT molecular complexity index is 783. The summed E-state index contributed by atoms with van der Waals surface area (Å²) >= 11 is 6.05. The summed E-state index contributed by atoms with van der Waals surface area (Å²) in [6.45, 7) is 3.27. The SMILES string of the molecule is C=CC(=O)Oc1cccc(S(=O)(=O)c2ccccc2)c1Cl. The molecule has 0 saturated heterocycles. The van der Waals surface area contributed by atoms with Crippen LogP contribution in [0.25, 0.3) is 0 Å². The van der Waals surface area contributed by atoms with Gasteiger partial charge in [-0.1, -0.05) is 42.4 Å². The monoisotopic (exact) mass is 322 g/mol. The van der Waals surface area contributed by atoms with E-state index in [2.05, 4.69) is 6.58 Å². The predicted octanol–water partition coefficient (Wildman–Crippen LogP) is 3.26. The molecule has 0 N–H and O–H groups in total. The molecular weight excluding hydrogens is 312 g/mol. The number of ether oxygens (including phenoxy) is 1. The number of sulfone groups is 1. The van der Waals surface area contributed by atoms with Crippen molar-refractivity contribution in [2.75, 3.05) is 0 Å². The Kier molecular flexibility index (Phi) is 4.45. The molecule has 2 rings (SSSR count). The van der Waals surface area contributed by atoms with E-state index >= 15 is 0 Å². The summed E-state index contributed by atoms with van der Waals surface area (Å²) in [5, 5.41) is -0.142. The van der Waals surface area contributed by atoms with Gasteiger partial charge >= 0.3 is 5.97 Å². The molecule has 2 aromatic rings. The maximum Gasteiger partial charge on any atom is 0.335 e. The van der Waals surface area contributed by atoms with Gasteiger partial charge in [0.1, 0.15) is 5.02 Å². The molecule has 0 aliphatic heterocycles. The van der Waals surface area contributed by atoms with Crippen molar-refractivity contribution in [2.45, 2.75) is 9.79 Å². The van der Waals surface area contributed by atoms with Crippen molar-refractivity contribution in [3.8, 4) is 5.75 Å². The number of carbonyl (C=O) groups is 1. The van der Waals surface area contributed by atoms with E-state index in [1.165, 1.54) is 30.3 Å². The lowest BCUT2D eigenvalue weighted by molar-refractivity contribution is -0.128. The van der Waals surface area contributed by atoms with Gasteiger partial charge in [-0.15, -0.1) is 0 Å². The summed E-state index contributed by atoms with van der Waals surface area (Å²) in [5.41, 5.74) is 0. The molecule has 0 spiro atoms. The fraction of sp³-hybridized carbons (Fsp3) is 0. The molecule has 0 amide bonds. The molecule has 108 valence electrons.